The van der Waals surface area contributed by atoms with Gasteiger partial charge in [0.2, 0.25) is 0 Å². The molecule has 0 radical (unpaired) electrons. The van der Waals surface area contributed by atoms with Crippen LogP contribution in [0.4, 0.5) is 0 Å². The summed E-state index contributed by atoms with van der Waals surface area (Å²) in [6.07, 6.45) is 2.57. The van der Waals surface area contributed by atoms with E-state index in [2.05, 4.69) is 58.3 Å². The zero-order valence-corrected chi connectivity index (χ0v) is 17.1. The number of aliphatic imine (C=N–C) groups is 1. The number of halogens is 2. The molecular formula is C16H25BrIN3O. The number of nitrogens with zero attached hydrogens (tertiary/aromatic N) is 2. The number of hydrogen-bond acceptors (Lipinski definition) is 2. The van der Waals surface area contributed by atoms with Crippen LogP contribution < -0.4 is 5.32 Å². The molecule has 0 aromatic heterocycles. The smallest absolute Gasteiger partial charge is 0.194 e. The third kappa shape index (κ3) is 6.04. The van der Waals surface area contributed by atoms with Crippen LogP contribution in [0.5, 0.6) is 0 Å². The van der Waals surface area contributed by atoms with E-state index in [1.165, 1.54) is 5.56 Å². The van der Waals surface area contributed by atoms with Gasteiger partial charge in [0.15, 0.2) is 5.96 Å². The molecule has 1 heterocycles. The van der Waals surface area contributed by atoms with E-state index in [9.17, 15) is 0 Å². The highest BCUT2D eigenvalue weighted by molar-refractivity contribution is 14.0. The predicted molar refractivity (Wildman–Crippen MR) is 106 cm³/mol. The number of ether oxygens (including phenoxy) is 1. The monoisotopic (exact) mass is 481 g/mol. The van der Waals surface area contributed by atoms with E-state index in [0.717, 1.165) is 49.5 Å². The number of rotatable bonds is 5. The largest absolute Gasteiger partial charge is 0.376 e. The molecule has 1 aromatic rings. The Balaban J connectivity index is 0.00000242. The Morgan fingerprint density at radius 2 is 2.23 bits per heavy atom. The Labute approximate surface area is 158 Å². The summed E-state index contributed by atoms with van der Waals surface area (Å²) in [5.74, 6) is 0.934. The topological polar surface area (TPSA) is 36.9 Å². The van der Waals surface area contributed by atoms with Gasteiger partial charge in [0.1, 0.15) is 0 Å². The Kier molecular flexibility index (Phi) is 9.35. The minimum absolute atomic E-state index is 0. The van der Waals surface area contributed by atoms with Gasteiger partial charge >= 0.3 is 0 Å². The zero-order valence-electron chi connectivity index (χ0n) is 13.2. The molecule has 1 atom stereocenters. The third-order valence-corrected chi connectivity index (χ3v) is 4.30. The van der Waals surface area contributed by atoms with Crippen molar-refractivity contribution in [2.24, 2.45) is 4.99 Å². The fourth-order valence-corrected chi connectivity index (χ4v) is 2.81. The van der Waals surface area contributed by atoms with Gasteiger partial charge in [0.25, 0.3) is 0 Å². The van der Waals surface area contributed by atoms with Crippen molar-refractivity contribution in [3.05, 3.63) is 34.3 Å². The van der Waals surface area contributed by atoms with Crippen molar-refractivity contribution in [1.29, 1.82) is 0 Å². The average Bonchev–Trinajstić information content (AvgIpc) is 2.99. The fraction of sp³-hybridized carbons (Fsp3) is 0.562. The molecule has 1 fully saturated rings. The second-order valence-electron chi connectivity index (χ2n) is 5.28. The maximum absolute atomic E-state index is 5.64. The molecule has 6 heteroatoms. The highest BCUT2D eigenvalue weighted by atomic mass is 127. The Hall–Kier alpha value is -0.340. The lowest BCUT2D eigenvalue weighted by Gasteiger charge is -2.23. The van der Waals surface area contributed by atoms with Gasteiger partial charge in [0, 0.05) is 31.2 Å². The lowest BCUT2D eigenvalue weighted by atomic mass is 10.2. The van der Waals surface area contributed by atoms with E-state index in [0.29, 0.717) is 0 Å². The summed E-state index contributed by atoms with van der Waals surface area (Å²) in [6, 6.07) is 8.29. The summed E-state index contributed by atoms with van der Waals surface area (Å²) < 4.78 is 6.77. The van der Waals surface area contributed by atoms with Crippen LogP contribution in [-0.2, 0) is 11.3 Å². The summed E-state index contributed by atoms with van der Waals surface area (Å²) in [6.45, 7) is 5.39. The molecule has 1 saturated heterocycles. The van der Waals surface area contributed by atoms with Gasteiger partial charge in [0.05, 0.1) is 12.6 Å². The Morgan fingerprint density at radius 1 is 1.45 bits per heavy atom. The van der Waals surface area contributed by atoms with Crippen LogP contribution in [0.2, 0.25) is 0 Å². The summed E-state index contributed by atoms with van der Waals surface area (Å²) in [5.41, 5.74) is 1.25. The Morgan fingerprint density at radius 3 is 2.86 bits per heavy atom. The molecule has 1 N–H and O–H groups in total. The van der Waals surface area contributed by atoms with Gasteiger partial charge in [-0.25, -0.2) is 0 Å². The minimum atomic E-state index is 0. The molecule has 1 aliphatic heterocycles. The van der Waals surface area contributed by atoms with E-state index >= 15 is 0 Å². The molecule has 2 rings (SSSR count). The molecule has 0 aliphatic carbocycles. The first kappa shape index (κ1) is 19.7. The van der Waals surface area contributed by atoms with Crippen molar-refractivity contribution in [3.8, 4) is 0 Å². The van der Waals surface area contributed by atoms with Crippen molar-refractivity contribution in [3.63, 3.8) is 0 Å². The number of benzene rings is 1. The van der Waals surface area contributed by atoms with Crippen molar-refractivity contribution in [2.75, 3.05) is 26.7 Å². The van der Waals surface area contributed by atoms with E-state index in [4.69, 9.17) is 9.73 Å². The van der Waals surface area contributed by atoms with Gasteiger partial charge in [-0.1, -0.05) is 34.1 Å². The molecule has 22 heavy (non-hydrogen) atoms. The van der Waals surface area contributed by atoms with Gasteiger partial charge in [-0.05, 0) is 31.4 Å². The van der Waals surface area contributed by atoms with Crippen molar-refractivity contribution in [2.45, 2.75) is 32.4 Å². The Bertz CT molecular complexity index is 478. The van der Waals surface area contributed by atoms with Crippen LogP contribution in [0.25, 0.3) is 0 Å². The van der Waals surface area contributed by atoms with Gasteiger partial charge in [-0.3, -0.25) is 4.99 Å². The summed E-state index contributed by atoms with van der Waals surface area (Å²) >= 11 is 3.60. The normalized spacial score (nSPS) is 18.0. The number of hydrogen-bond donors (Lipinski definition) is 1. The molecule has 124 valence electrons. The first-order valence-electron chi connectivity index (χ1n) is 7.55. The molecule has 4 nitrogen and oxygen atoms in total. The van der Waals surface area contributed by atoms with E-state index in [1.54, 1.807) is 0 Å². The number of nitrogens with one attached hydrogen (secondary N) is 1. The zero-order chi connectivity index (χ0) is 15.1. The molecule has 1 aromatic carbocycles. The highest BCUT2D eigenvalue weighted by Crippen LogP contribution is 2.17. The average molecular weight is 482 g/mol. The van der Waals surface area contributed by atoms with E-state index in [-0.39, 0.29) is 30.1 Å². The molecule has 0 bridgehead atoms. The molecule has 0 amide bonds. The molecule has 0 saturated carbocycles. The summed E-state index contributed by atoms with van der Waals surface area (Å²) in [4.78, 5) is 6.86. The lowest BCUT2D eigenvalue weighted by Crippen LogP contribution is -2.39. The predicted octanol–water partition coefficient (Wildman–Crippen LogP) is 3.64. The maximum atomic E-state index is 5.64. The summed E-state index contributed by atoms with van der Waals surface area (Å²) in [5, 5.41) is 3.35. The first-order valence-corrected chi connectivity index (χ1v) is 8.34. The number of guanidine groups is 1. The quantitative estimate of drug-likeness (QED) is 0.396. The van der Waals surface area contributed by atoms with Gasteiger partial charge < -0.3 is 15.0 Å². The second-order valence-corrected chi connectivity index (χ2v) is 6.13. The molecule has 1 unspecified atom stereocenters. The van der Waals surface area contributed by atoms with E-state index < -0.39 is 0 Å². The van der Waals surface area contributed by atoms with Crippen LogP contribution in [0, 0.1) is 0 Å². The second kappa shape index (κ2) is 10.4. The van der Waals surface area contributed by atoms with Crippen molar-refractivity contribution >= 4 is 45.9 Å². The van der Waals surface area contributed by atoms with Crippen LogP contribution in [0.15, 0.2) is 33.7 Å². The van der Waals surface area contributed by atoms with Crippen LogP contribution in [-0.4, -0.2) is 43.7 Å². The molecule has 1 aliphatic rings. The van der Waals surface area contributed by atoms with Crippen molar-refractivity contribution < 1.29 is 4.74 Å². The van der Waals surface area contributed by atoms with Crippen LogP contribution >= 0.6 is 39.9 Å². The van der Waals surface area contributed by atoms with Crippen LogP contribution in [0.3, 0.4) is 0 Å². The van der Waals surface area contributed by atoms with Gasteiger partial charge in [-0.2, -0.15) is 0 Å². The van der Waals surface area contributed by atoms with Gasteiger partial charge in [-0.15, -0.1) is 24.0 Å². The highest BCUT2D eigenvalue weighted by Gasteiger charge is 2.16. The summed E-state index contributed by atoms with van der Waals surface area (Å²) in [7, 11) is 2.07. The molecule has 0 spiro atoms. The molecular weight excluding hydrogens is 457 g/mol. The SMILES string of the molecule is CCNC(=NCC1CCCO1)N(C)Cc1ccccc1Br.I. The van der Waals surface area contributed by atoms with E-state index in [1.807, 2.05) is 6.07 Å². The minimum Gasteiger partial charge on any atom is -0.376 e. The van der Waals surface area contributed by atoms with Crippen molar-refractivity contribution in [1.82, 2.24) is 10.2 Å². The fourth-order valence-electron chi connectivity index (χ4n) is 2.40. The van der Waals surface area contributed by atoms with Crippen LogP contribution in [0.1, 0.15) is 25.3 Å². The lowest BCUT2D eigenvalue weighted by molar-refractivity contribution is 0.117. The first-order chi connectivity index (χ1) is 10.2. The maximum Gasteiger partial charge on any atom is 0.194 e. The standard InChI is InChI=1S/C16H24BrN3O.HI/c1-3-18-16(19-11-14-8-6-10-21-14)20(2)12-13-7-4-5-9-15(13)17;/h4-5,7,9,14H,3,6,8,10-12H2,1-2H3,(H,18,19);1H. The third-order valence-electron chi connectivity index (χ3n) is 3.53.